The molecule has 1 aliphatic rings. The van der Waals surface area contributed by atoms with E-state index in [1.54, 1.807) is 16.8 Å². The minimum absolute atomic E-state index is 0.392. The molecule has 1 aliphatic carbocycles. The van der Waals surface area contributed by atoms with Crippen molar-refractivity contribution in [1.82, 2.24) is 10.2 Å². The fraction of sp³-hybridized carbons (Fsp3) is 0.385. The normalized spacial score (nSPS) is 16.8. The predicted octanol–water partition coefficient (Wildman–Crippen LogP) is 3.41. The Morgan fingerprint density at radius 1 is 1.29 bits per heavy atom. The van der Waals surface area contributed by atoms with Crippen molar-refractivity contribution >= 4 is 16.5 Å². The predicted molar refractivity (Wildman–Crippen MR) is 70.2 cm³/mol. The van der Waals surface area contributed by atoms with E-state index in [1.807, 2.05) is 0 Å². The highest BCUT2D eigenvalue weighted by molar-refractivity contribution is 7.13. The first kappa shape index (κ1) is 10.7. The number of hydrogen-bond acceptors (Lipinski definition) is 4. The largest absolute Gasteiger partial charge is 0.353 e. The summed E-state index contributed by atoms with van der Waals surface area (Å²) >= 11 is 1.56. The summed E-state index contributed by atoms with van der Waals surface area (Å²) in [6, 6.07) is 9.17. The Morgan fingerprint density at radius 3 is 2.65 bits per heavy atom. The average molecular weight is 245 g/mol. The summed E-state index contributed by atoms with van der Waals surface area (Å²) in [4.78, 5) is 0. The molecule has 0 aliphatic heterocycles. The standard InChI is InChI=1S/C13H15N3S/c1-9-2-4-10(5-3-9)12(11-6-7-11)15-13-16-14-8-17-13/h2-5,8,11-12H,6-7H2,1H3,(H,15,16). The van der Waals surface area contributed by atoms with Gasteiger partial charge in [-0.15, -0.1) is 10.2 Å². The number of anilines is 1. The topological polar surface area (TPSA) is 37.8 Å². The van der Waals surface area contributed by atoms with Crippen LogP contribution in [0.4, 0.5) is 5.13 Å². The molecule has 88 valence electrons. The Hall–Kier alpha value is -1.42. The molecular formula is C13H15N3S. The fourth-order valence-corrected chi connectivity index (χ4v) is 2.53. The van der Waals surface area contributed by atoms with E-state index in [1.165, 1.54) is 24.0 Å². The lowest BCUT2D eigenvalue weighted by molar-refractivity contribution is 0.676. The van der Waals surface area contributed by atoms with E-state index in [-0.39, 0.29) is 0 Å². The second kappa shape index (κ2) is 4.45. The van der Waals surface area contributed by atoms with Gasteiger partial charge in [0.15, 0.2) is 0 Å². The molecule has 17 heavy (non-hydrogen) atoms. The van der Waals surface area contributed by atoms with Crippen molar-refractivity contribution in [1.29, 1.82) is 0 Å². The molecule has 3 nitrogen and oxygen atoms in total. The Balaban J connectivity index is 1.82. The zero-order valence-corrected chi connectivity index (χ0v) is 10.6. The maximum absolute atomic E-state index is 4.07. The van der Waals surface area contributed by atoms with Gasteiger partial charge in [-0.1, -0.05) is 41.2 Å². The second-order valence-electron chi connectivity index (χ2n) is 4.61. The van der Waals surface area contributed by atoms with Crippen LogP contribution in [0.2, 0.25) is 0 Å². The molecule has 0 amide bonds. The lowest BCUT2D eigenvalue weighted by atomic mass is 10.0. The van der Waals surface area contributed by atoms with Crippen LogP contribution in [0.15, 0.2) is 29.8 Å². The smallest absolute Gasteiger partial charge is 0.205 e. The van der Waals surface area contributed by atoms with Gasteiger partial charge in [-0.2, -0.15) is 0 Å². The van der Waals surface area contributed by atoms with Crippen LogP contribution in [0, 0.1) is 12.8 Å². The van der Waals surface area contributed by atoms with Gasteiger partial charge in [0, 0.05) is 0 Å². The molecule has 1 aromatic heterocycles. The molecule has 0 bridgehead atoms. The van der Waals surface area contributed by atoms with E-state index in [0.717, 1.165) is 11.0 Å². The molecule has 1 aromatic carbocycles. The summed E-state index contributed by atoms with van der Waals surface area (Å²) < 4.78 is 0. The molecule has 3 rings (SSSR count). The summed E-state index contributed by atoms with van der Waals surface area (Å²) in [6.07, 6.45) is 2.62. The van der Waals surface area contributed by atoms with Crippen molar-refractivity contribution in [3.05, 3.63) is 40.9 Å². The van der Waals surface area contributed by atoms with Crippen molar-refractivity contribution in [3.8, 4) is 0 Å². The molecule has 1 N–H and O–H groups in total. The molecule has 4 heteroatoms. The summed E-state index contributed by atoms with van der Waals surface area (Å²) in [5.41, 5.74) is 4.43. The van der Waals surface area contributed by atoms with Crippen LogP contribution in [0.1, 0.15) is 30.0 Å². The van der Waals surface area contributed by atoms with Crippen LogP contribution in [-0.4, -0.2) is 10.2 Å². The van der Waals surface area contributed by atoms with Crippen LogP contribution < -0.4 is 5.32 Å². The van der Waals surface area contributed by atoms with Gasteiger partial charge in [0.1, 0.15) is 5.51 Å². The average Bonchev–Trinajstić information content (AvgIpc) is 3.05. The van der Waals surface area contributed by atoms with Crippen LogP contribution >= 0.6 is 11.3 Å². The van der Waals surface area contributed by atoms with Gasteiger partial charge >= 0.3 is 0 Å². The number of aromatic nitrogens is 2. The minimum Gasteiger partial charge on any atom is -0.353 e. The van der Waals surface area contributed by atoms with Crippen LogP contribution in [-0.2, 0) is 0 Å². The molecule has 1 unspecified atom stereocenters. The first-order valence-electron chi connectivity index (χ1n) is 5.92. The molecular weight excluding hydrogens is 230 g/mol. The Labute approximate surface area is 105 Å². The highest BCUT2D eigenvalue weighted by Gasteiger charge is 2.32. The second-order valence-corrected chi connectivity index (χ2v) is 5.45. The molecule has 1 atom stereocenters. The van der Waals surface area contributed by atoms with E-state index in [0.29, 0.717) is 6.04 Å². The van der Waals surface area contributed by atoms with Gasteiger partial charge < -0.3 is 5.32 Å². The lowest BCUT2D eigenvalue weighted by Gasteiger charge is -2.17. The first-order valence-corrected chi connectivity index (χ1v) is 6.80. The number of nitrogens with zero attached hydrogens (tertiary/aromatic N) is 2. The quantitative estimate of drug-likeness (QED) is 0.897. The molecule has 1 saturated carbocycles. The summed E-state index contributed by atoms with van der Waals surface area (Å²) in [5.74, 6) is 0.751. The third kappa shape index (κ3) is 2.47. The Kier molecular flexibility index (Phi) is 2.81. The molecule has 2 aromatic rings. The van der Waals surface area contributed by atoms with E-state index < -0.39 is 0 Å². The third-order valence-corrected chi connectivity index (χ3v) is 3.79. The number of hydrogen-bond donors (Lipinski definition) is 1. The van der Waals surface area contributed by atoms with Crippen molar-refractivity contribution in [3.63, 3.8) is 0 Å². The zero-order chi connectivity index (χ0) is 11.7. The molecule has 0 saturated heterocycles. The SMILES string of the molecule is Cc1ccc(C(Nc2nncs2)C2CC2)cc1. The van der Waals surface area contributed by atoms with E-state index in [2.05, 4.69) is 46.7 Å². The number of benzene rings is 1. The molecule has 0 radical (unpaired) electrons. The lowest BCUT2D eigenvalue weighted by Crippen LogP contribution is -2.12. The molecule has 1 heterocycles. The van der Waals surface area contributed by atoms with Crippen LogP contribution in [0.3, 0.4) is 0 Å². The highest BCUT2D eigenvalue weighted by atomic mass is 32.1. The monoisotopic (exact) mass is 245 g/mol. The van der Waals surface area contributed by atoms with E-state index in [4.69, 9.17) is 0 Å². The van der Waals surface area contributed by atoms with Crippen LogP contribution in [0.25, 0.3) is 0 Å². The van der Waals surface area contributed by atoms with Gasteiger partial charge in [-0.25, -0.2) is 0 Å². The van der Waals surface area contributed by atoms with E-state index in [9.17, 15) is 0 Å². The molecule has 1 fully saturated rings. The number of nitrogens with one attached hydrogen (secondary N) is 1. The Bertz CT molecular complexity index is 474. The summed E-state index contributed by atoms with van der Waals surface area (Å²) in [5, 5.41) is 12.4. The van der Waals surface area contributed by atoms with Gasteiger partial charge in [0.2, 0.25) is 5.13 Å². The zero-order valence-electron chi connectivity index (χ0n) is 9.76. The Morgan fingerprint density at radius 2 is 2.06 bits per heavy atom. The van der Waals surface area contributed by atoms with Crippen molar-refractivity contribution < 1.29 is 0 Å². The molecule has 0 spiro atoms. The fourth-order valence-electron chi connectivity index (χ4n) is 2.05. The van der Waals surface area contributed by atoms with E-state index >= 15 is 0 Å². The maximum Gasteiger partial charge on any atom is 0.205 e. The van der Waals surface area contributed by atoms with Crippen LogP contribution in [0.5, 0.6) is 0 Å². The van der Waals surface area contributed by atoms with Crippen molar-refractivity contribution in [2.75, 3.05) is 5.32 Å². The van der Waals surface area contributed by atoms with Gasteiger partial charge in [0.05, 0.1) is 6.04 Å². The maximum atomic E-state index is 4.07. The minimum atomic E-state index is 0.392. The number of rotatable bonds is 4. The summed E-state index contributed by atoms with van der Waals surface area (Å²) in [7, 11) is 0. The van der Waals surface area contributed by atoms with Gasteiger partial charge in [-0.3, -0.25) is 0 Å². The highest BCUT2D eigenvalue weighted by Crippen LogP contribution is 2.42. The van der Waals surface area contributed by atoms with Crippen molar-refractivity contribution in [2.24, 2.45) is 5.92 Å². The van der Waals surface area contributed by atoms with Gasteiger partial charge in [-0.05, 0) is 31.2 Å². The van der Waals surface area contributed by atoms with Gasteiger partial charge in [0.25, 0.3) is 0 Å². The summed E-state index contributed by atoms with van der Waals surface area (Å²) in [6.45, 7) is 2.12. The van der Waals surface area contributed by atoms with Crippen molar-refractivity contribution in [2.45, 2.75) is 25.8 Å². The number of aryl methyl sites for hydroxylation is 1. The first-order chi connectivity index (χ1) is 8.33. The third-order valence-electron chi connectivity index (χ3n) is 3.17.